The smallest absolute Gasteiger partial charge is 0.331 e. The van der Waals surface area contributed by atoms with Gasteiger partial charge in [0, 0.05) is 18.6 Å². The lowest BCUT2D eigenvalue weighted by molar-refractivity contribution is -0.118. The molecule has 0 aromatic carbocycles. The molecule has 0 radical (unpaired) electrons. The lowest BCUT2D eigenvalue weighted by Crippen LogP contribution is -2.19. The third-order valence-corrected chi connectivity index (χ3v) is 1.94. The van der Waals surface area contributed by atoms with Crippen LogP contribution in [0.2, 0.25) is 0 Å². The van der Waals surface area contributed by atoms with Gasteiger partial charge in [-0.25, -0.2) is 9.78 Å². The zero-order valence-corrected chi connectivity index (χ0v) is 8.78. The molecule has 0 fully saturated rings. The summed E-state index contributed by atoms with van der Waals surface area (Å²) in [5.41, 5.74) is 5.49. The first kappa shape index (κ1) is 10.9. The zero-order valence-electron chi connectivity index (χ0n) is 8.78. The standard InChI is InChI=1S/C9H10N6O2/c10-8(16)5-15-4-7(3-12-15)13-9(17)14-2-1-11-6-14/h1-4,6H,5H2,(H2,10,16)(H,13,17). The van der Waals surface area contributed by atoms with Crippen molar-refractivity contribution in [3.05, 3.63) is 31.1 Å². The molecule has 2 amide bonds. The van der Waals surface area contributed by atoms with Crippen LogP contribution in [0.25, 0.3) is 0 Å². The highest BCUT2D eigenvalue weighted by Crippen LogP contribution is 2.05. The van der Waals surface area contributed by atoms with Gasteiger partial charge in [0.2, 0.25) is 5.91 Å². The highest BCUT2D eigenvalue weighted by molar-refractivity contribution is 5.90. The van der Waals surface area contributed by atoms with Crippen LogP contribution in [0.1, 0.15) is 0 Å². The van der Waals surface area contributed by atoms with E-state index < -0.39 is 5.91 Å². The number of hydrogen-bond donors (Lipinski definition) is 2. The Morgan fingerprint density at radius 2 is 2.29 bits per heavy atom. The number of rotatable bonds is 3. The topological polar surface area (TPSA) is 108 Å². The second kappa shape index (κ2) is 4.47. The van der Waals surface area contributed by atoms with Crippen molar-refractivity contribution in [2.75, 3.05) is 5.32 Å². The first-order chi connectivity index (χ1) is 8.15. The minimum atomic E-state index is -0.499. The summed E-state index contributed by atoms with van der Waals surface area (Å²) in [6.45, 7) is -0.0268. The Balaban J connectivity index is 2.02. The summed E-state index contributed by atoms with van der Waals surface area (Å²) < 4.78 is 2.62. The highest BCUT2D eigenvalue weighted by atomic mass is 16.2. The summed E-state index contributed by atoms with van der Waals surface area (Å²) >= 11 is 0. The Morgan fingerprint density at radius 3 is 2.94 bits per heavy atom. The van der Waals surface area contributed by atoms with Crippen LogP contribution < -0.4 is 11.1 Å². The van der Waals surface area contributed by atoms with Gasteiger partial charge in [-0.05, 0) is 0 Å². The van der Waals surface area contributed by atoms with E-state index in [9.17, 15) is 9.59 Å². The second-order valence-corrected chi connectivity index (χ2v) is 3.29. The molecule has 0 saturated heterocycles. The summed E-state index contributed by atoms with van der Waals surface area (Å²) in [7, 11) is 0. The van der Waals surface area contributed by atoms with E-state index in [2.05, 4.69) is 15.4 Å². The number of hydrogen-bond acceptors (Lipinski definition) is 4. The second-order valence-electron chi connectivity index (χ2n) is 3.29. The minimum absolute atomic E-state index is 0.0268. The van der Waals surface area contributed by atoms with Crippen molar-refractivity contribution in [2.45, 2.75) is 6.54 Å². The molecule has 3 N–H and O–H groups in total. The number of aromatic nitrogens is 4. The zero-order chi connectivity index (χ0) is 12.3. The van der Waals surface area contributed by atoms with E-state index >= 15 is 0 Å². The molecular weight excluding hydrogens is 224 g/mol. The largest absolute Gasteiger partial charge is 0.368 e. The van der Waals surface area contributed by atoms with Gasteiger partial charge in [0.1, 0.15) is 12.9 Å². The predicted molar refractivity (Wildman–Crippen MR) is 58.1 cm³/mol. The average Bonchev–Trinajstić information content (AvgIpc) is 2.87. The lowest BCUT2D eigenvalue weighted by atomic mass is 10.5. The quantitative estimate of drug-likeness (QED) is 0.756. The minimum Gasteiger partial charge on any atom is -0.368 e. The van der Waals surface area contributed by atoms with E-state index in [-0.39, 0.29) is 12.6 Å². The number of carbonyl (C=O) groups excluding carboxylic acids is 2. The summed E-state index contributed by atoms with van der Waals surface area (Å²) in [6.07, 6.45) is 7.33. The van der Waals surface area contributed by atoms with E-state index in [0.29, 0.717) is 5.69 Å². The van der Waals surface area contributed by atoms with E-state index in [1.165, 1.54) is 40.4 Å². The number of amides is 2. The first-order valence-electron chi connectivity index (χ1n) is 4.75. The monoisotopic (exact) mass is 234 g/mol. The molecule has 0 atom stereocenters. The Morgan fingerprint density at radius 1 is 1.47 bits per heavy atom. The fraction of sp³-hybridized carbons (Fsp3) is 0.111. The molecule has 0 aliphatic carbocycles. The van der Waals surface area contributed by atoms with Crippen LogP contribution in [0.3, 0.4) is 0 Å². The fourth-order valence-electron chi connectivity index (χ4n) is 1.24. The van der Waals surface area contributed by atoms with Gasteiger partial charge in [-0.15, -0.1) is 0 Å². The van der Waals surface area contributed by atoms with Gasteiger partial charge in [-0.2, -0.15) is 5.10 Å². The third kappa shape index (κ3) is 2.68. The van der Waals surface area contributed by atoms with Crippen LogP contribution in [0.4, 0.5) is 10.5 Å². The molecule has 17 heavy (non-hydrogen) atoms. The van der Waals surface area contributed by atoms with Crippen molar-refractivity contribution in [3.63, 3.8) is 0 Å². The summed E-state index contributed by atoms with van der Waals surface area (Å²) in [6, 6.07) is -0.360. The molecule has 8 heteroatoms. The molecule has 2 rings (SSSR count). The molecule has 0 spiro atoms. The van der Waals surface area contributed by atoms with Crippen molar-refractivity contribution >= 4 is 17.6 Å². The van der Waals surface area contributed by atoms with Crippen LogP contribution in [-0.2, 0) is 11.3 Å². The van der Waals surface area contributed by atoms with E-state index in [1.54, 1.807) is 0 Å². The normalized spacial score (nSPS) is 10.1. The maximum Gasteiger partial charge on any atom is 0.331 e. The Hall–Kier alpha value is -2.64. The molecule has 0 unspecified atom stereocenters. The number of carbonyl (C=O) groups is 2. The number of nitrogens with two attached hydrogens (primary N) is 1. The van der Waals surface area contributed by atoms with Gasteiger partial charge in [-0.3, -0.25) is 14.0 Å². The van der Waals surface area contributed by atoms with Crippen LogP contribution in [-0.4, -0.2) is 31.3 Å². The van der Waals surface area contributed by atoms with Gasteiger partial charge in [-0.1, -0.05) is 0 Å². The van der Waals surface area contributed by atoms with Gasteiger partial charge in [0.25, 0.3) is 0 Å². The summed E-state index contributed by atoms with van der Waals surface area (Å²) in [4.78, 5) is 26.0. The number of nitrogens with one attached hydrogen (secondary N) is 1. The molecule has 2 aromatic rings. The van der Waals surface area contributed by atoms with Gasteiger partial charge < -0.3 is 11.1 Å². The maximum absolute atomic E-state index is 11.6. The lowest BCUT2D eigenvalue weighted by Gasteiger charge is -2.01. The van der Waals surface area contributed by atoms with Crippen molar-refractivity contribution in [1.82, 2.24) is 19.3 Å². The van der Waals surface area contributed by atoms with Crippen LogP contribution in [0.5, 0.6) is 0 Å². The van der Waals surface area contributed by atoms with Crippen LogP contribution in [0.15, 0.2) is 31.1 Å². The number of nitrogens with zero attached hydrogens (tertiary/aromatic N) is 4. The molecular formula is C9H10N6O2. The Bertz CT molecular complexity index is 529. The van der Waals surface area contributed by atoms with Crippen molar-refractivity contribution in [1.29, 1.82) is 0 Å². The van der Waals surface area contributed by atoms with E-state index in [4.69, 9.17) is 5.73 Å². The van der Waals surface area contributed by atoms with Gasteiger partial charge in [0.05, 0.1) is 11.9 Å². The third-order valence-electron chi connectivity index (χ3n) is 1.94. The number of imidazole rings is 1. The van der Waals surface area contributed by atoms with Crippen LogP contribution >= 0.6 is 0 Å². The molecule has 88 valence electrons. The van der Waals surface area contributed by atoms with Crippen LogP contribution in [0, 0.1) is 0 Å². The Labute approximate surface area is 96.0 Å². The van der Waals surface area contributed by atoms with Crippen molar-refractivity contribution in [2.24, 2.45) is 5.73 Å². The first-order valence-corrected chi connectivity index (χ1v) is 4.75. The fourth-order valence-corrected chi connectivity index (χ4v) is 1.24. The molecule has 2 aromatic heterocycles. The highest BCUT2D eigenvalue weighted by Gasteiger charge is 2.06. The van der Waals surface area contributed by atoms with Crippen molar-refractivity contribution < 1.29 is 9.59 Å². The average molecular weight is 234 g/mol. The van der Waals surface area contributed by atoms with Gasteiger partial charge >= 0.3 is 6.03 Å². The SMILES string of the molecule is NC(=O)Cn1cc(NC(=O)n2ccnc2)cn1. The molecule has 0 aliphatic rings. The number of primary amides is 1. The maximum atomic E-state index is 11.6. The summed E-state index contributed by atoms with van der Waals surface area (Å²) in [5.74, 6) is -0.499. The molecule has 0 aliphatic heterocycles. The molecule has 0 saturated carbocycles. The van der Waals surface area contributed by atoms with Crippen molar-refractivity contribution in [3.8, 4) is 0 Å². The van der Waals surface area contributed by atoms with Gasteiger partial charge in [0.15, 0.2) is 0 Å². The Kier molecular flexibility index (Phi) is 2.86. The summed E-state index contributed by atoms with van der Waals surface area (Å²) in [5, 5.41) is 6.45. The van der Waals surface area contributed by atoms with E-state index in [1.807, 2.05) is 0 Å². The molecule has 0 bridgehead atoms. The van der Waals surface area contributed by atoms with E-state index in [0.717, 1.165) is 0 Å². The predicted octanol–water partition coefficient (Wildman–Crippen LogP) is -0.355. The molecule has 8 nitrogen and oxygen atoms in total. The number of anilines is 1. The molecule has 2 heterocycles.